The van der Waals surface area contributed by atoms with Gasteiger partial charge in [0.2, 0.25) is 0 Å². The zero-order valence-corrected chi connectivity index (χ0v) is 21.1. The highest BCUT2D eigenvalue weighted by atomic mass is 16.5. The number of nitrogens with one attached hydrogen (secondary N) is 1. The number of carbonyl (C=O) groups is 1. The molecule has 3 aromatic rings. The Morgan fingerprint density at radius 1 is 1.14 bits per heavy atom. The number of aliphatic hydroxyl groups is 1. The van der Waals surface area contributed by atoms with E-state index in [-0.39, 0.29) is 5.91 Å². The van der Waals surface area contributed by atoms with Gasteiger partial charge in [-0.15, -0.1) is 0 Å². The summed E-state index contributed by atoms with van der Waals surface area (Å²) in [6, 6.07) is 13.5. The second-order valence-corrected chi connectivity index (χ2v) is 9.69. The van der Waals surface area contributed by atoms with E-state index in [1.807, 2.05) is 51.1 Å². The maximum atomic E-state index is 12.4. The molecule has 1 aliphatic rings. The molecule has 0 atom stereocenters. The summed E-state index contributed by atoms with van der Waals surface area (Å²) in [6.45, 7) is 9.58. The molecule has 0 unspecified atom stereocenters. The van der Waals surface area contributed by atoms with Gasteiger partial charge in [-0.25, -0.2) is 0 Å². The van der Waals surface area contributed by atoms with E-state index in [1.165, 1.54) is 0 Å². The van der Waals surface area contributed by atoms with Crippen molar-refractivity contribution in [3.05, 3.63) is 59.4 Å². The number of amides is 1. The van der Waals surface area contributed by atoms with Crippen LogP contribution in [0.15, 0.2) is 46.9 Å². The summed E-state index contributed by atoms with van der Waals surface area (Å²) in [7, 11) is 1.65. The van der Waals surface area contributed by atoms with E-state index in [9.17, 15) is 9.90 Å². The third kappa shape index (κ3) is 5.80. The van der Waals surface area contributed by atoms with Gasteiger partial charge in [0.15, 0.2) is 17.3 Å². The smallest absolute Gasteiger partial charge is 0.287 e. The van der Waals surface area contributed by atoms with Gasteiger partial charge >= 0.3 is 0 Å². The first-order valence-corrected chi connectivity index (χ1v) is 12.4. The number of hydrogen-bond acceptors (Lipinski definition) is 6. The van der Waals surface area contributed by atoms with Crippen molar-refractivity contribution in [3.63, 3.8) is 0 Å². The van der Waals surface area contributed by atoms with Gasteiger partial charge in [-0.2, -0.15) is 0 Å². The molecule has 0 saturated carbocycles. The van der Waals surface area contributed by atoms with Crippen molar-refractivity contribution >= 4 is 16.9 Å². The van der Waals surface area contributed by atoms with Crippen LogP contribution in [-0.2, 0) is 12.1 Å². The summed E-state index contributed by atoms with van der Waals surface area (Å²) in [5.74, 6) is 1.94. The fraction of sp³-hybridized carbons (Fsp3) is 0.464. The van der Waals surface area contributed by atoms with Gasteiger partial charge in [-0.1, -0.05) is 26.0 Å². The number of likely N-dealkylation sites (tertiary alicyclic amines) is 1. The Bertz CT molecular complexity index is 1160. The lowest BCUT2D eigenvalue weighted by molar-refractivity contribution is -0.0276. The summed E-state index contributed by atoms with van der Waals surface area (Å²) in [5.41, 5.74) is 1.76. The second-order valence-electron chi connectivity index (χ2n) is 9.69. The molecule has 0 aliphatic carbocycles. The zero-order chi connectivity index (χ0) is 25.0. The van der Waals surface area contributed by atoms with Gasteiger partial charge in [-0.3, -0.25) is 9.69 Å². The van der Waals surface area contributed by atoms with Gasteiger partial charge in [0.1, 0.15) is 5.58 Å². The highest BCUT2D eigenvalue weighted by Crippen LogP contribution is 2.36. The molecule has 0 radical (unpaired) electrons. The fourth-order valence-electron chi connectivity index (χ4n) is 4.54. The maximum absolute atomic E-state index is 12.4. The Labute approximate surface area is 207 Å². The quantitative estimate of drug-likeness (QED) is 0.462. The number of hydrogen-bond donors (Lipinski definition) is 2. The standard InChI is InChI=1S/C28H36N2O5/c1-5-34-25-14-20(6-8-24(25)33-4)18-30-12-10-28(32,11-13-30)22-7-9-23-21(15-22)16-26(35-23)27(31)29-17-19(2)3/h6-9,14-16,19,32H,5,10-13,17-18H2,1-4H3,(H,29,31). The molecule has 0 bridgehead atoms. The predicted molar refractivity (Wildman–Crippen MR) is 136 cm³/mol. The Morgan fingerprint density at radius 2 is 1.91 bits per heavy atom. The number of rotatable bonds is 9. The van der Waals surface area contributed by atoms with E-state index in [1.54, 1.807) is 13.2 Å². The maximum Gasteiger partial charge on any atom is 0.287 e. The minimum absolute atomic E-state index is 0.213. The Morgan fingerprint density at radius 3 is 2.60 bits per heavy atom. The molecule has 4 rings (SSSR count). The number of furan rings is 1. The van der Waals surface area contributed by atoms with Crippen LogP contribution in [0, 0.1) is 5.92 Å². The molecule has 1 aliphatic heterocycles. The first-order chi connectivity index (χ1) is 16.8. The third-order valence-electron chi connectivity index (χ3n) is 6.57. The zero-order valence-electron chi connectivity index (χ0n) is 21.1. The summed E-state index contributed by atoms with van der Waals surface area (Å²) in [4.78, 5) is 14.7. The van der Waals surface area contributed by atoms with Gasteiger partial charge in [0, 0.05) is 31.6 Å². The molecular formula is C28H36N2O5. The molecule has 2 aromatic carbocycles. The Hall–Kier alpha value is -3.03. The molecule has 35 heavy (non-hydrogen) atoms. The Kier molecular flexibility index (Phi) is 7.67. The number of carbonyl (C=O) groups excluding carboxylic acids is 1. The number of piperidine rings is 1. The van der Waals surface area contributed by atoms with Crippen LogP contribution in [0.25, 0.3) is 11.0 Å². The van der Waals surface area contributed by atoms with Crippen LogP contribution in [0.3, 0.4) is 0 Å². The van der Waals surface area contributed by atoms with Gasteiger partial charge in [0.05, 0.1) is 19.3 Å². The van der Waals surface area contributed by atoms with E-state index >= 15 is 0 Å². The van der Waals surface area contributed by atoms with E-state index in [4.69, 9.17) is 13.9 Å². The molecule has 0 spiro atoms. The minimum atomic E-state index is -0.904. The molecule has 188 valence electrons. The fourth-order valence-corrected chi connectivity index (χ4v) is 4.54. The van der Waals surface area contributed by atoms with Crippen molar-refractivity contribution in [2.75, 3.05) is 33.4 Å². The van der Waals surface area contributed by atoms with Crippen LogP contribution in [0.2, 0.25) is 0 Å². The largest absolute Gasteiger partial charge is 0.493 e. The van der Waals surface area contributed by atoms with E-state index in [2.05, 4.69) is 16.3 Å². The minimum Gasteiger partial charge on any atom is -0.493 e. The summed E-state index contributed by atoms with van der Waals surface area (Å²) >= 11 is 0. The lowest BCUT2D eigenvalue weighted by Crippen LogP contribution is -2.42. The third-order valence-corrected chi connectivity index (χ3v) is 6.57. The SMILES string of the molecule is CCOc1cc(CN2CCC(O)(c3ccc4oc(C(=O)NCC(C)C)cc4c3)CC2)ccc1OC. The number of ether oxygens (including phenoxy) is 2. The molecule has 2 N–H and O–H groups in total. The van der Waals surface area contributed by atoms with E-state index in [0.717, 1.165) is 47.6 Å². The molecule has 7 nitrogen and oxygen atoms in total. The van der Waals surface area contributed by atoms with Crippen molar-refractivity contribution in [2.24, 2.45) is 5.92 Å². The number of methoxy groups -OCH3 is 1. The number of nitrogens with zero attached hydrogens (tertiary/aromatic N) is 1. The van der Waals surface area contributed by atoms with Crippen molar-refractivity contribution in [3.8, 4) is 11.5 Å². The van der Waals surface area contributed by atoms with E-state index < -0.39 is 5.60 Å². The second kappa shape index (κ2) is 10.7. The summed E-state index contributed by atoms with van der Waals surface area (Å²) < 4.78 is 16.8. The molecule has 1 fully saturated rings. The normalized spacial score (nSPS) is 15.9. The van der Waals surface area contributed by atoms with Crippen molar-refractivity contribution in [2.45, 2.75) is 45.8 Å². The van der Waals surface area contributed by atoms with Crippen LogP contribution in [0.4, 0.5) is 0 Å². The first kappa shape index (κ1) is 25.1. The lowest BCUT2D eigenvalue weighted by atomic mass is 9.84. The topological polar surface area (TPSA) is 84.2 Å². The van der Waals surface area contributed by atoms with Gasteiger partial charge in [-0.05, 0) is 67.1 Å². The van der Waals surface area contributed by atoms with Crippen LogP contribution >= 0.6 is 0 Å². The van der Waals surface area contributed by atoms with Crippen molar-refractivity contribution in [1.29, 1.82) is 0 Å². The predicted octanol–water partition coefficient (Wildman–Crippen LogP) is 4.71. The molecular weight excluding hydrogens is 444 g/mol. The average molecular weight is 481 g/mol. The molecule has 2 heterocycles. The van der Waals surface area contributed by atoms with Crippen LogP contribution in [0.1, 0.15) is 55.3 Å². The summed E-state index contributed by atoms with van der Waals surface area (Å²) in [5, 5.41) is 15.2. The van der Waals surface area contributed by atoms with Gasteiger partial charge in [0.25, 0.3) is 5.91 Å². The Balaban J connectivity index is 1.41. The number of benzene rings is 2. The monoisotopic (exact) mass is 480 g/mol. The van der Waals surface area contributed by atoms with Crippen molar-refractivity contribution < 1.29 is 23.8 Å². The molecule has 7 heteroatoms. The first-order valence-electron chi connectivity index (χ1n) is 12.4. The molecule has 1 amide bonds. The average Bonchev–Trinajstić information content (AvgIpc) is 3.28. The lowest BCUT2D eigenvalue weighted by Gasteiger charge is -2.38. The molecule has 1 aromatic heterocycles. The molecule has 1 saturated heterocycles. The van der Waals surface area contributed by atoms with Crippen molar-refractivity contribution in [1.82, 2.24) is 10.2 Å². The number of fused-ring (bicyclic) bond motifs is 1. The highest BCUT2D eigenvalue weighted by molar-refractivity contribution is 5.96. The van der Waals surface area contributed by atoms with Crippen LogP contribution < -0.4 is 14.8 Å². The van der Waals surface area contributed by atoms with Crippen LogP contribution in [0.5, 0.6) is 11.5 Å². The van der Waals surface area contributed by atoms with Gasteiger partial charge < -0.3 is 24.3 Å². The highest BCUT2D eigenvalue weighted by Gasteiger charge is 2.34. The van der Waals surface area contributed by atoms with Crippen LogP contribution in [-0.4, -0.2) is 49.3 Å². The van der Waals surface area contributed by atoms with E-state index in [0.29, 0.717) is 43.3 Å². The summed E-state index contributed by atoms with van der Waals surface area (Å²) in [6.07, 6.45) is 1.26.